The number of carbonyl (C=O) groups excluding carboxylic acids is 1. The van der Waals surface area contributed by atoms with E-state index in [0.29, 0.717) is 0 Å². The van der Waals surface area contributed by atoms with E-state index in [1.165, 1.54) is 6.92 Å². The molecule has 100 valence electrons. The van der Waals surface area contributed by atoms with E-state index in [9.17, 15) is 4.79 Å². The number of carbonyl (C=O) groups is 1. The van der Waals surface area contributed by atoms with E-state index >= 15 is 0 Å². The van der Waals surface area contributed by atoms with Crippen molar-refractivity contribution < 1.29 is 9.53 Å². The largest absolute Gasteiger partial charge is 0.448 e. The smallest absolute Gasteiger partial charge is 0.304 e. The Balaban J connectivity index is 1.96. The quantitative estimate of drug-likeness (QED) is 0.638. The Morgan fingerprint density at radius 2 is 2.26 bits per heavy atom. The number of aryl methyl sites for hydroxylation is 1. The van der Waals surface area contributed by atoms with Gasteiger partial charge in [-0.2, -0.15) is 0 Å². The van der Waals surface area contributed by atoms with Gasteiger partial charge in [-0.25, -0.2) is 0 Å². The van der Waals surface area contributed by atoms with E-state index in [1.54, 1.807) is 11.8 Å². The predicted molar refractivity (Wildman–Crippen MR) is 74.9 cm³/mol. The van der Waals surface area contributed by atoms with Crippen LogP contribution in [0, 0.1) is 0 Å². The molecule has 3 rings (SSSR count). The highest BCUT2D eigenvalue weighted by molar-refractivity contribution is 8.00. The Kier molecular flexibility index (Phi) is 3.01. The van der Waals surface area contributed by atoms with Gasteiger partial charge in [0.05, 0.1) is 11.0 Å². The molecule has 0 unspecified atom stereocenters. The average molecular weight is 276 g/mol. The molecule has 0 N–H and O–H groups in total. The third-order valence-electron chi connectivity index (χ3n) is 3.47. The summed E-state index contributed by atoms with van der Waals surface area (Å²) in [6.45, 7) is 1.48. The molecule has 19 heavy (non-hydrogen) atoms. The van der Waals surface area contributed by atoms with Gasteiger partial charge in [0.25, 0.3) is 0 Å². The van der Waals surface area contributed by atoms with E-state index in [2.05, 4.69) is 9.55 Å². The van der Waals surface area contributed by atoms with Crippen molar-refractivity contribution in [3.63, 3.8) is 0 Å². The van der Waals surface area contributed by atoms with E-state index in [0.717, 1.165) is 35.2 Å². The molecule has 0 amide bonds. The molecule has 1 fully saturated rings. The lowest BCUT2D eigenvalue weighted by molar-refractivity contribution is -0.153. The fourth-order valence-corrected chi connectivity index (χ4v) is 3.95. The Morgan fingerprint density at radius 3 is 2.89 bits per heavy atom. The molecule has 0 saturated heterocycles. The van der Waals surface area contributed by atoms with Crippen molar-refractivity contribution in [1.29, 1.82) is 0 Å². The average Bonchev–Trinajstić information content (AvgIpc) is 2.69. The third kappa shape index (κ3) is 2.23. The van der Waals surface area contributed by atoms with Gasteiger partial charge >= 0.3 is 5.97 Å². The van der Waals surface area contributed by atoms with E-state index in [-0.39, 0.29) is 10.9 Å². The van der Waals surface area contributed by atoms with Crippen molar-refractivity contribution in [1.82, 2.24) is 9.55 Å². The number of fused-ring (bicyclic) bond motifs is 1. The lowest BCUT2D eigenvalue weighted by atomic mass is 9.95. The van der Waals surface area contributed by atoms with Crippen LogP contribution in [0.3, 0.4) is 0 Å². The zero-order valence-corrected chi connectivity index (χ0v) is 11.9. The van der Waals surface area contributed by atoms with Crippen LogP contribution in [0.4, 0.5) is 0 Å². The second kappa shape index (κ2) is 4.56. The molecule has 2 aromatic rings. The van der Waals surface area contributed by atoms with Crippen LogP contribution in [0.25, 0.3) is 11.0 Å². The van der Waals surface area contributed by atoms with Gasteiger partial charge in [-0.1, -0.05) is 11.8 Å². The number of esters is 1. The Morgan fingerprint density at radius 1 is 1.47 bits per heavy atom. The minimum absolute atomic E-state index is 0.204. The number of pyridine rings is 1. The fourth-order valence-electron chi connectivity index (χ4n) is 2.42. The second-order valence-electron chi connectivity index (χ2n) is 4.93. The van der Waals surface area contributed by atoms with E-state index in [1.807, 2.05) is 31.6 Å². The number of rotatable bonds is 3. The molecule has 4 nitrogen and oxygen atoms in total. The SMILES string of the molecule is CC(=O)OC1(Sc2ccnc3ccn(C)c23)CCC1. The van der Waals surface area contributed by atoms with Gasteiger partial charge in [-0.05, 0) is 31.4 Å². The summed E-state index contributed by atoms with van der Waals surface area (Å²) in [6, 6.07) is 4.00. The standard InChI is InChI=1S/C14H16N2O2S/c1-10(17)18-14(6-3-7-14)19-12-4-8-15-11-5-9-16(2)13(11)12/h4-5,8-9H,3,6-7H2,1-2H3. The van der Waals surface area contributed by atoms with Gasteiger partial charge in [0, 0.05) is 31.3 Å². The highest BCUT2D eigenvalue weighted by Gasteiger charge is 2.42. The van der Waals surface area contributed by atoms with Crippen LogP contribution in [0.2, 0.25) is 0 Å². The second-order valence-corrected chi connectivity index (χ2v) is 6.32. The molecule has 0 bridgehead atoms. The molecule has 0 atom stereocenters. The molecule has 1 aliphatic rings. The minimum atomic E-state index is -0.371. The molecular weight excluding hydrogens is 260 g/mol. The van der Waals surface area contributed by atoms with Crippen LogP contribution in [0.15, 0.2) is 29.4 Å². The van der Waals surface area contributed by atoms with Crippen LogP contribution < -0.4 is 0 Å². The summed E-state index contributed by atoms with van der Waals surface area (Å²) in [7, 11) is 2.01. The number of hydrogen-bond donors (Lipinski definition) is 0. The van der Waals surface area contributed by atoms with Gasteiger partial charge < -0.3 is 9.30 Å². The number of aromatic nitrogens is 2. The van der Waals surface area contributed by atoms with Gasteiger partial charge in [-0.15, -0.1) is 0 Å². The number of hydrogen-bond acceptors (Lipinski definition) is 4. The molecule has 2 aromatic heterocycles. The van der Waals surface area contributed by atoms with Crippen LogP contribution in [0.1, 0.15) is 26.2 Å². The predicted octanol–water partition coefficient (Wildman–Crippen LogP) is 3.11. The van der Waals surface area contributed by atoms with E-state index < -0.39 is 0 Å². The van der Waals surface area contributed by atoms with Gasteiger partial charge in [0.15, 0.2) is 4.93 Å². The summed E-state index contributed by atoms with van der Waals surface area (Å²) < 4.78 is 7.60. The minimum Gasteiger partial charge on any atom is -0.448 e. The van der Waals surface area contributed by atoms with Crippen LogP contribution in [-0.4, -0.2) is 20.5 Å². The summed E-state index contributed by atoms with van der Waals surface area (Å²) >= 11 is 1.65. The Hall–Kier alpha value is -1.49. The Labute approximate surface area is 116 Å². The monoisotopic (exact) mass is 276 g/mol. The number of ether oxygens (including phenoxy) is 1. The zero-order chi connectivity index (χ0) is 13.5. The van der Waals surface area contributed by atoms with Gasteiger partial charge in [0.2, 0.25) is 0 Å². The molecule has 0 aromatic carbocycles. The summed E-state index contributed by atoms with van der Waals surface area (Å²) in [5.74, 6) is -0.204. The number of nitrogens with zero attached hydrogens (tertiary/aromatic N) is 2. The van der Waals surface area contributed by atoms with Crippen molar-refractivity contribution >= 4 is 28.8 Å². The maximum atomic E-state index is 11.3. The normalized spacial score (nSPS) is 17.2. The summed E-state index contributed by atoms with van der Waals surface area (Å²) in [4.78, 5) is 16.4. The number of thioether (sulfide) groups is 1. The molecule has 1 aliphatic carbocycles. The van der Waals surface area contributed by atoms with Crippen molar-refractivity contribution in [2.45, 2.75) is 36.0 Å². The highest BCUT2D eigenvalue weighted by Crippen LogP contribution is 2.49. The topological polar surface area (TPSA) is 44.1 Å². The summed E-state index contributed by atoms with van der Waals surface area (Å²) in [5, 5.41) is 0. The zero-order valence-electron chi connectivity index (χ0n) is 11.0. The first-order chi connectivity index (χ1) is 9.10. The first kappa shape index (κ1) is 12.5. The summed E-state index contributed by atoms with van der Waals surface area (Å²) in [6.07, 6.45) is 6.77. The molecule has 5 heteroatoms. The lowest BCUT2D eigenvalue weighted by Gasteiger charge is -2.39. The first-order valence-electron chi connectivity index (χ1n) is 6.38. The molecule has 1 saturated carbocycles. The molecule has 0 radical (unpaired) electrons. The molecule has 2 heterocycles. The maximum Gasteiger partial charge on any atom is 0.304 e. The highest BCUT2D eigenvalue weighted by atomic mass is 32.2. The fraction of sp³-hybridized carbons (Fsp3) is 0.429. The van der Waals surface area contributed by atoms with Gasteiger partial charge in [0.1, 0.15) is 0 Å². The molecular formula is C14H16N2O2S. The molecule has 0 spiro atoms. The van der Waals surface area contributed by atoms with E-state index in [4.69, 9.17) is 4.74 Å². The van der Waals surface area contributed by atoms with Crippen molar-refractivity contribution in [2.24, 2.45) is 7.05 Å². The van der Waals surface area contributed by atoms with Crippen LogP contribution in [0.5, 0.6) is 0 Å². The van der Waals surface area contributed by atoms with Crippen LogP contribution in [-0.2, 0) is 16.6 Å². The van der Waals surface area contributed by atoms with Crippen molar-refractivity contribution in [3.05, 3.63) is 24.5 Å². The third-order valence-corrected chi connectivity index (χ3v) is 4.88. The van der Waals surface area contributed by atoms with Crippen molar-refractivity contribution in [3.8, 4) is 0 Å². The van der Waals surface area contributed by atoms with Crippen LogP contribution >= 0.6 is 11.8 Å². The van der Waals surface area contributed by atoms with Crippen molar-refractivity contribution in [2.75, 3.05) is 0 Å². The first-order valence-corrected chi connectivity index (χ1v) is 7.20. The van der Waals surface area contributed by atoms with Gasteiger partial charge in [-0.3, -0.25) is 9.78 Å². The summed E-state index contributed by atoms with van der Waals surface area (Å²) in [5.41, 5.74) is 2.08. The lowest BCUT2D eigenvalue weighted by Crippen LogP contribution is -2.38. The Bertz CT molecular complexity index is 631. The maximum absolute atomic E-state index is 11.3. The molecule has 0 aliphatic heterocycles.